The van der Waals surface area contributed by atoms with Gasteiger partial charge in [0.25, 0.3) is 0 Å². The molecular formula is C33H37ClN2O4. The molecule has 2 aliphatic carbocycles. The van der Waals surface area contributed by atoms with Crippen molar-refractivity contribution in [2.75, 3.05) is 18.5 Å². The number of hydrogen-bond acceptors (Lipinski definition) is 5. The van der Waals surface area contributed by atoms with Gasteiger partial charge in [0, 0.05) is 16.9 Å². The van der Waals surface area contributed by atoms with Crippen molar-refractivity contribution in [2.45, 2.75) is 69.2 Å². The van der Waals surface area contributed by atoms with Crippen LogP contribution >= 0.6 is 11.6 Å². The van der Waals surface area contributed by atoms with Crippen LogP contribution in [-0.4, -0.2) is 34.8 Å². The highest BCUT2D eigenvalue weighted by atomic mass is 35.5. The van der Waals surface area contributed by atoms with Crippen LogP contribution in [0.1, 0.15) is 62.1 Å². The van der Waals surface area contributed by atoms with Crippen molar-refractivity contribution in [3.8, 4) is 11.6 Å². The summed E-state index contributed by atoms with van der Waals surface area (Å²) < 4.78 is 12.1. The summed E-state index contributed by atoms with van der Waals surface area (Å²) in [7, 11) is 0. The highest BCUT2D eigenvalue weighted by Gasteiger charge is 2.54. The molecule has 2 aromatic carbocycles. The molecule has 0 amide bonds. The van der Waals surface area contributed by atoms with Crippen LogP contribution in [0.15, 0.2) is 60.8 Å². The smallest absolute Gasteiger partial charge is 0.329 e. The van der Waals surface area contributed by atoms with Gasteiger partial charge < -0.3 is 19.9 Å². The molecule has 1 spiro atoms. The van der Waals surface area contributed by atoms with Gasteiger partial charge in [-0.1, -0.05) is 48.9 Å². The molecule has 1 aromatic heterocycles. The summed E-state index contributed by atoms with van der Waals surface area (Å²) in [6.45, 7) is 3.61. The second kappa shape index (κ2) is 11.0. The minimum Gasteiger partial charge on any atom is -0.493 e. The van der Waals surface area contributed by atoms with Crippen LogP contribution in [0.5, 0.6) is 11.6 Å². The lowest BCUT2D eigenvalue weighted by Gasteiger charge is -2.47. The first-order valence-electron chi connectivity index (χ1n) is 14.5. The van der Waals surface area contributed by atoms with Crippen LogP contribution < -0.4 is 14.8 Å². The summed E-state index contributed by atoms with van der Waals surface area (Å²) in [6.07, 6.45) is 8.53. The van der Waals surface area contributed by atoms with Gasteiger partial charge in [-0.05, 0) is 104 Å². The zero-order valence-electron chi connectivity index (χ0n) is 23.0. The monoisotopic (exact) mass is 560 g/mol. The average molecular weight is 561 g/mol. The van der Waals surface area contributed by atoms with Crippen molar-refractivity contribution in [3.63, 3.8) is 0 Å². The van der Waals surface area contributed by atoms with E-state index in [1.165, 1.54) is 11.1 Å². The molecule has 1 unspecified atom stereocenters. The van der Waals surface area contributed by atoms with Crippen LogP contribution in [0.2, 0.25) is 5.02 Å². The number of rotatable bonds is 8. The maximum absolute atomic E-state index is 12.7. The van der Waals surface area contributed by atoms with Gasteiger partial charge in [0.15, 0.2) is 0 Å². The molecule has 6 nitrogen and oxygen atoms in total. The molecular weight excluding hydrogens is 524 g/mol. The Hall–Kier alpha value is -3.25. The van der Waals surface area contributed by atoms with E-state index >= 15 is 0 Å². The van der Waals surface area contributed by atoms with E-state index in [2.05, 4.69) is 41.5 Å². The molecule has 0 bridgehead atoms. The van der Waals surface area contributed by atoms with Crippen LogP contribution in [0, 0.1) is 11.8 Å². The van der Waals surface area contributed by atoms with E-state index in [-0.39, 0.29) is 5.41 Å². The van der Waals surface area contributed by atoms with E-state index in [4.69, 9.17) is 21.1 Å². The number of pyridine rings is 1. The number of halogens is 1. The fraction of sp³-hybridized carbons (Fsp3) is 0.455. The summed E-state index contributed by atoms with van der Waals surface area (Å²) >= 11 is 6.20. The van der Waals surface area contributed by atoms with E-state index in [0.717, 1.165) is 55.5 Å². The number of ether oxygens (including phenoxy) is 2. The number of nitrogens with zero attached hydrogens (tertiary/aromatic N) is 1. The largest absolute Gasteiger partial charge is 0.493 e. The molecule has 0 saturated heterocycles. The van der Waals surface area contributed by atoms with Gasteiger partial charge in [0.2, 0.25) is 5.88 Å². The number of carboxylic acids is 1. The predicted octanol–water partition coefficient (Wildman–Crippen LogP) is 7.08. The molecule has 210 valence electrons. The number of aliphatic carboxylic acids is 1. The molecule has 6 rings (SSSR count). The Kier molecular flexibility index (Phi) is 7.39. The Balaban J connectivity index is 1.19. The van der Waals surface area contributed by atoms with Gasteiger partial charge in [0.1, 0.15) is 11.3 Å². The lowest BCUT2D eigenvalue weighted by atomic mass is 9.59. The average Bonchev–Trinajstić information content (AvgIpc) is 3.25. The fourth-order valence-electron chi connectivity index (χ4n) is 7.36. The number of benzene rings is 2. The third-order valence-corrected chi connectivity index (χ3v) is 9.64. The second-order valence-corrected chi connectivity index (χ2v) is 12.4. The first-order chi connectivity index (χ1) is 19.4. The third kappa shape index (κ3) is 5.03. The van der Waals surface area contributed by atoms with Gasteiger partial charge in [-0.25, -0.2) is 9.78 Å². The Morgan fingerprint density at radius 2 is 2.00 bits per heavy atom. The summed E-state index contributed by atoms with van der Waals surface area (Å²) in [5, 5.41) is 14.4. The first kappa shape index (κ1) is 26.9. The Morgan fingerprint density at radius 1 is 1.18 bits per heavy atom. The van der Waals surface area contributed by atoms with E-state index in [9.17, 15) is 9.90 Å². The summed E-state index contributed by atoms with van der Waals surface area (Å²) in [5.74, 6) is 1.59. The van der Waals surface area contributed by atoms with Crippen molar-refractivity contribution in [2.24, 2.45) is 11.8 Å². The first-order valence-corrected chi connectivity index (χ1v) is 14.9. The normalized spacial score (nSPS) is 25.9. The lowest BCUT2D eigenvalue weighted by molar-refractivity contribution is -0.144. The fourth-order valence-corrected chi connectivity index (χ4v) is 7.55. The summed E-state index contributed by atoms with van der Waals surface area (Å²) in [6, 6.07) is 18.1. The van der Waals surface area contributed by atoms with Gasteiger partial charge in [0.05, 0.1) is 18.8 Å². The van der Waals surface area contributed by atoms with Crippen LogP contribution in [0.3, 0.4) is 0 Å². The van der Waals surface area contributed by atoms with Gasteiger partial charge in [-0.3, -0.25) is 0 Å². The Morgan fingerprint density at radius 3 is 2.80 bits per heavy atom. The quantitative estimate of drug-likeness (QED) is 0.306. The van der Waals surface area contributed by atoms with Gasteiger partial charge in [-0.15, -0.1) is 0 Å². The Bertz CT molecular complexity index is 1380. The van der Waals surface area contributed by atoms with Crippen molar-refractivity contribution >= 4 is 23.3 Å². The molecule has 1 saturated carbocycles. The molecule has 2 N–H and O–H groups in total. The van der Waals surface area contributed by atoms with Crippen molar-refractivity contribution in [3.05, 3.63) is 82.5 Å². The molecule has 7 heteroatoms. The molecule has 2 atom stereocenters. The van der Waals surface area contributed by atoms with Crippen molar-refractivity contribution < 1.29 is 19.4 Å². The molecule has 1 fully saturated rings. The second-order valence-electron chi connectivity index (χ2n) is 11.9. The zero-order valence-corrected chi connectivity index (χ0v) is 23.8. The van der Waals surface area contributed by atoms with Crippen molar-refractivity contribution in [1.29, 1.82) is 0 Å². The number of anilines is 1. The number of carbonyl (C=O) groups is 1. The van der Waals surface area contributed by atoms with Crippen molar-refractivity contribution in [1.82, 2.24) is 4.98 Å². The number of fused-ring (bicyclic) bond motifs is 3. The maximum atomic E-state index is 12.7. The highest BCUT2D eigenvalue weighted by Crippen LogP contribution is 2.56. The standard InChI is InChI=1S/C33H37ClN2O4/c1-22(21-40-29-11-16-35-30-27(29)9-5-17-39-30)18-24-19-23-6-2-3-10-28(23)32(24)12-14-33(15-13-32,31(37)38)36-26-8-4-7-25(34)20-26/h2-4,6-8,10-11,16,20,22,24,36H,5,9,12-15,17-19,21H2,1H3,(H,37,38)/t22-,24?,32?,33?/m1/s1. The molecule has 1 aliphatic heterocycles. The predicted molar refractivity (Wildman–Crippen MR) is 157 cm³/mol. The molecule has 3 aliphatic rings. The lowest BCUT2D eigenvalue weighted by Crippen LogP contribution is -2.53. The topological polar surface area (TPSA) is 80.7 Å². The van der Waals surface area contributed by atoms with E-state index in [1.54, 1.807) is 18.3 Å². The molecule has 3 aromatic rings. The minimum absolute atomic E-state index is 0.0243. The SMILES string of the molecule is C[C@@H](COc1ccnc2c1CCCO2)CC1Cc2ccccc2C12CCC(Nc1cccc(Cl)c1)(C(=O)O)CC2. The van der Waals surface area contributed by atoms with Gasteiger partial charge >= 0.3 is 5.97 Å². The van der Waals surface area contributed by atoms with Gasteiger partial charge in [-0.2, -0.15) is 0 Å². The summed E-state index contributed by atoms with van der Waals surface area (Å²) in [5.41, 5.74) is 3.62. The van der Waals surface area contributed by atoms with Crippen LogP contribution in [0.4, 0.5) is 5.69 Å². The number of hydrogen-bond donors (Lipinski definition) is 2. The highest BCUT2D eigenvalue weighted by molar-refractivity contribution is 6.30. The molecule has 2 heterocycles. The number of aromatic nitrogens is 1. The molecule has 0 radical (unpaired) electrons. The van der Waals surface area contributed by atoms with E-state index < -0.39 is 11.5 Å². The molecule has 40 heavy (non-hydrogen) atoms. The van der Waals surface area contributed by atoms with Crippen LogP contribution in [-0.2, 0) is 23.1 Å². The number of nitrogens with one attached hydrogen (secondary N) is 1. The van der Waals surface area contributed by atoms with Crippen LogP contribution in [0.25, 0.3) is 0 Å². The number of carboxylic acid groups (broad SMARTS) is 1. The summed E-state index contributed by atoms with van der Waals surface area (Å²) in [4.78, 5) is 17.0. The zero-order chi connectivity index (χ0) is 27.7. The Labute approximate surface area is 241 Å². The van der Waals surface area contributed by atoms with E-state index in [1.807, 2.05) is 18.2 Å². The third-order valence-electron chi connectivity index (χ3n) is 9.41. The van der Waals surface area contributed by atoms with E-state index in [0.29, 0.717) is 48.8 Å². The minimum atomic E-state index is -1.00. The maximum Gasteiger partial charge on any atom is 0.329 e.